The predicted octanol–water partition coefficient (Wildman–Crippen LogP) is 27.1. The van der Waals surface area contributed by atoms with Crippen LogP contribution in [0, 0.1) is 88.8 Å². The maximum atomic E-state index is 11.3. The van der Waals surface area contributed by atoms with Crippen molar-refractivity contribution in [2.45, 2.75) is 516 Å². The Morgan fingerprint density at radius 1 is 0.275 bits per heavy atom. The number of esters is 1. The first-order valence-corrected chi connectivity index (χ1v) is 58.3. The molecule has 0 radical (unpaired) electrons. The molecule has 16 bridgehead atoms. The van der Waals surface area contributed by atoms with E-state index < -0.39 is 10.1 Å². The van der Waals surface area contributed by atoms with Crippen LogP contribution in [0.25, 0.3) is 0 Å². The summed E-state index contributed by atoms with van der Waals surface area (Å²) in [6, 6.07) is 0. The molecule has 21 heteroatoms. The van der Waals surface area contributed by atoms with Crippen LogP contribution in [0.5, 0.6) is 0 Å². The van der Waals surface area contributed by atoms with Crippen molar-refractivity contribution in [3.63, 3.8) is 0 Å². The molecule has 6 spiro atoms. The molecule has 16 aliphatic carbocycles. The Bertz CT molecular complexity index is 3030. The third kappa shape index (κ3) is 30.2. The van der Waals surface area contributed by atoms with Crippen LogP contribution in [0.2, 0.25) is 0 Å². The van der Waals surface area contributed by atoms with Gasteiger partial charge >= 0.3 is 5.97 Å². The summed E-state index contributed by atoms with van der Waals surface area (Å²) in [7, 11) is -3.13. The zero-order valence-corrected chi connectivity index (χ0v) is 88.2. The van der Waals surface area contributed by atoms with Crippen molar-refractivity contribution >= 4 is 16.1 Å². The van der Waals surface area contributed by atoms with E-state index in [1.807, 2.05) is 125 Å². The van der Waals surface area contributed by atoms with E-state index in [9.17, 15) is 13.2 Å². The summed E-state index contributed by atoms with van der Waals surface area (Å²) in [5.74, 6) is 9.98. The summed E-state index contributed by atoms with van der Waals surface area (Å²) in [4.78, 5) is 11.0. The number of fused-ring (bicyclic) bond motifs is 8. The highest BCUT2D eigenvalue weighted by Crippen LogP contribution is 2.63. The van der Waals surface area contributed by atoms with E-state index in [2.05, 4.69) is 0 Å². The highest BCUT2D eigenvalue weighted by Gasteiger charge is 2.64. The Balaban J connectivity index is 0.000000163. The monoisotopic (exact) mass is 1880 g/mol. The van der Waals surface area contributed by atoms with E-state index in [4.69, 9.17) is 80.0 Å². The normalized spacial score (nSPS) is 37.9. The van der Waals surface area contributed by atoms with Gasteiger partial charge in [-0.1, -0.05) is 124 Å². The molecule has 0 aromatic carbocycles. The number of carbonyl (C=O) groups is 1. The lowest BCUT2D eigenvalue weighted by Crippen LogP contribution is -2.60. The van der Waals surface area contributed by atoms with Gasteiger partial charge in [-0.05, 0) is 319 Å². The molecule has 27 rings (SSSR count). The lowest BCUT2D eigenvalue weighted by molar-refractivity contribution is -0.342. The Morgan fingerprint density at radius 2 is 0.573 bits per heavy atom. The van der Waals surface area contributed by atoms with Crippen LogP contribution in [-0.4, -0.2) is 177 Å². The van der Waals surface area contributed by atoms with Crippen molar-refractivity contribution in [3.8, 4) is 0 Å². The second-order valence-electron chi connectivity index (χ2n) is 41.2. The number of rotatable bonds is 0. The smallest absolute Gasteiger partial charge is 0.312 e. The van der Waals surface area contributed by atoms with E-state index in [-0.39, 0.29) is 76.0 Å². The summed E-state index contributed by atoms with van der Waals surface area (Å²) < 4.78 is 121. The van der Waals surface area contributed by atoms with Gasteiger partial charge < -0.3 is 75.8 Å². The lowest BCUT2D eigenvalue weighted by atomic mass is 9.53. The molecule has 27 aliphatic rings. The molecular formula is C110H202O20S. The quantitative estimate of drug-likeness (QED) is 0.163. The lowest BCUT2D eigenvalue weighted by Gasteiger charge is -2.60. The Kier molecular flexibility index (Phi) is 50.0. The van der Waals surface area contributed by atoms with E-state index in [1.54, 1.807) is 0 Å². The number of ether oxygens (including phenoxy) is 16. The summed E-state index contributed by atoms with van der Waals surface area (Å²) in [5, 5.41) is -0.133. The molecule has 0 N–H and O–H groups in total. The van der Waals surface area contributed by atoms with Crippen molar-refractivity contribution in [3.05, 3.63) is 0 Å². The molecule has 20 nitrogen and oxygen atoms in total. The SMILES string of the molecule is C1CCC2(CC1)OCCCCO2.C1CCOC2(CC3CCC2C3)OC1.C1CCOC2(CC3CCC2C3)OCC1.C1CCOC2(CCCCC2)OCC1.C1CCOC2(OC1)C1CC3CC(C1)CC2C3.C1CCOC2(OCC1)C1CC3CC(C1)CC2C3.CC.CC.CC.CC.CC.CC.CC.CC.CC1(C)OCCCCO1.O=C1OC2CC3CC1C2O3.O=S1(=O)OC2CC3CC2C1C3. The van der Waals surface area contributed by atoms with Gasteiger partial charge in [-0.25, -0.2) is 0 Å². The number of hydrogen-bond donors (Lipinski definition) is 0. The van der Waals surface area contributed by atoms with Crippen molar-refractivity contribution in [1.82, 2.24) is 0 Å². The fourth-order valence-corrected chi connectivity index (χ4v) is 29.5. The van der Waals surface area contributed by atoms with Gasteiger partial charge in [-0.3, -0.25) is 8.98 Å². The van der Waals surface area contributed by atoms with Crippen LogP contribution >= 0.6 is 0 Å². The van der Waals surface area contributed by atoms with Crippen molar-refractivity contribution < 1.29 is 93.2 Å². The van der Waals surface area contributed by atoms with E-state index in [1.165, 1.54) is 250 Å². The molecule has 11 heterocycles. The minimum absolute atomic E-state index is 0.0324. The topological polar surface area (TPSA) is 208 Å². The van der Waals surface area contributed by atoms with Crippen molar-refractivity contribution in [2.24, 2.45) is 88.8 Å². The predicted molar refractivity (Wildman–Crippen MR) is 524 cm³/mol. The molecule has 12 unspecified atom stereocenters. The molecule has 27 fully saturated rings. The standard InChI is InChI=1S/C15H24O2.C14H22O2.C12H20O2.C11H18O2.C11H20O2.C10H18O2.C7H10O3S.C7H8O3.C7H14O2.8C2H6/c1-2-4-16-15(17-5-3-1)13-7-11-6-12(9-13)10-14(15)8-11;1-2-4-16-14(15-3-1)12-6-10-5-11(8-12)9-13(14)7-10;1-2-6-13-12(14-7-3-1)9-10-4-5-11(12)8-10;1-2-6-13-11(12-5-1)8-9-3-4-10(11)7-9;1-3-7-11(8-4-1)12-9-5-2-6-10-13-11;1-2-6-10(7-3-1)11-8-4-5-9-12-10;8-11(9)7-3-4-1-5(7)6(2-4)10-11;8-7-4-1-3-2-5(10-7)6(4)9-3;1-7(2)8-5-3-4-6-9-7;8*1-2/h11-14H,1-10H2;10-13H,1-9H2;10-11H,1-9H2;9-10H,1-8H2;1-10H2;1-9H2;4-7H,1-3H2;3-6H,1-2H2;3-6H2,1-2H3;8*1-2H3. The van der Waals surface area contributed by atoms with Crippen LogP contribution in [-0.2, 0) is 94.9 Å². The van der Waals surface area contributed by atoms with E-state index >= 15 is 0 Å². The molecule has 131 heavy (non-hydrogen) atoms. The van der Waals surface area contributed by atoms with Gasteiger partial charge in [0, 0.05) is 86.4 Å². The second kappa shape index (κ2) is 57.8. The van der Waals surface area contributed by atoms with Gasteiger partial charge in [0.15, 0.2) is 40.5 Å². The summed E-state index contributed by atoms with van der Waals surface area (Å²) >= 11 is 0. The molecule has 0 amide bonds. The van der Waals surface area contributed by atoms with E-state index in [0.717, 1.165) is 228 Å². The summed E-state index contributed by atoms with van der Waals surface area (Å²) in [5.41, 5.74) is 0. The number of hydrogen-bond acceptors (Lipinski definition) is 20. The Hall–Kier alpha value is -1.22. The largest absolute Gasteiger partial charge is 0.459 e. The minimum atomic E-state index is -3.13. The first kappa shape index (κ1) is 113. The summed E-state index contributed by atoms with van der Waals surface area (Å²) in [6.45, 7) is 48.6. The van der Waals surface area contributed by atoms with Gasteiger partial charge in [-0.2, -0.15) is 8.42 Å². The molecule has 16 saturated carbocycles. The van der Waals surface area contributed by atoms with Crippen LogP contribution in [0.3, 0.4) is 0 Å². The van der Waals surface area contributed by atoms with E-state index in [0.29, 0.717) is 23.9 Å². The first-order chi connectivity index (χ1) is 64.1. The van der Waals surface area contributed by atoms with Crippen LogP contribution in [0.15, 0.2) is 0 Å². The fraction of sp³-hybridized carbons (Fsp3) is 0.991. The van der Waals surface area contributed by atoms with Crippen LogP contribution in [0.1, 0.15) is 446 Å². The van der Waals surface area contributed by atoms with Gasteiger partial charge in [0.25, 0.3) is 10.1 Å². The Morgan fingerprint density at radius 3 is 0.855 bits per heavy atom. The van der Waals surface area contributed by atoms with Crippen molar-refractivity contribution in [2.75, 3.05) is 92.5 Å². The molecule has 11 saturated heterocycles. The van der Waals surface area contributed by atoms with Crippen molar-refractivity contribution in [1.29, 1.82) is 0 Å². The maximum absolute atomic E-state index is 11.3. The average Bonchev–Trinajstić information content (AvgIpc) is 1.60. The first-order valence-electron chi connectivity index (χ1n) is 56.8. The third-order valence-corrected chi connectivity index (χ3v) is 34.6. The zero-order valence-electron chi connectivity index (χ0n) is 87.4. The molecule has 11 aliphatic heterocycles. The average molecular weight is 1880 g/mol. The second-order valence-corrected chi connectivity index (χ2v) is 43.0. The maximum Gasteiger partial charge on any atom is 0.312 e. The highest BCUT2D eigenvalue weighted by molar-refractivity contribution is 7.87. The molecule has 0 aromatic heterocycles. The zero-order chi connectivity index (χ0) is 94.4. The number of carbonyl (C=O) groups excluding carboxylic acids is 1. The molecular weight excluding hydrogens is 1670 g/mol. The Labute approximate surface area is 801 Å². The highest BCUT2D eigenvalue weighted by atomic mass is 32.2. The van der Waals surface area contributed by atoms with Crippen LogP contribution in [0.4, 0.5) is 0 Å². The van der Waals surface area contributed by atoms with Crippen LogP contribution < -0.4 is 0 Å². The molecule has 12 atom stereocenters. The minimum Gasteiger partial charge on any atom is -0.459 e. The molecule has 768 valence electrons. The van der Waals surface area contributed by atoms with Gasteiger partial charge in [0.1, 0.15) is 12.2 Å². The fourth-order valence-electron chi connectivity index (χ4n) is 27.5. The van der Waals surface area contributed by atoms with Gasteiger partial charge in [-0.15, -0.1) is 0 Å². The third-order valence-electron chi connectivity index (χ3n) is 32.8. The summed E-state index contributed by atoms with van der Waals surface area (Å²) in [6.07, 6.45) is 62.8. The molecule has 0 aromatic rings. The van der Waals surface area contributed by atoms with Gasteiger partial charge in [0.2, 0.25) is 0 Å². The van der Waals surface area contributed by atoms with Gasteiger partial charge in [0.05, 0.1) is 116 Å².